The second-order valence-electron chi connectivity index (χ2n) is 9.71. The molecule has 3 fully saturated rings. The van der Waals surface area contributed by atoms with Crippen LogP contribution < -0.4 is 0 Å². The van der Waals surface area contributed by atoms with Crippen LogP contribution in [0.2, 0.25) is 0 Å². The van der Waals surface area contributed by atoms with Crippen molar-refractivity contribution in [1.29, 1.82) is 0 Å². The molecule has 2 saturated carbocycles. The first kappa shape index (κ1) is 17.8. The summed E-state index contributed by atoms with van der Waals surface area (Å²) in [5.74, 6) is 3.08. The molecule has 1 aliphatic heterocycles. The molecule has 3 aromatic heterocycles. The third kappa shape index (κ3) is 2.81. The van der Waals surface area contributed by atoms with Crippen molar-refractivity contribution >= 4 is 16.8 Å². The van der Waals surface area contributed by atoms with Crippen molar-refractivity contribution < 1.29 is 4.74 Å². The number of fused-ring (bicyclic) bond motifs is 3. The smallest absolute Gasteiger partial charge is 0.179 e. The van der Waals surface area contributed by atoms with Crippen molar-refractivity contribution in [2.45, 2.75) is 63.5 Å². The highest BCUT2D eigenvalue weighted by Gasteiger charge is 2.49. The Labute approximate surface area is 170 Å². The summed E-state index contributed by atoms with van der Waals surface area (Å²) in [6, 6.07) is 2.69. The van der Waals surface area contributed by atoms with E-state index in [1.54, 1.807) is 0 Å². The molecule has 7 nitrogen and oxygen atoms in total. The number of nitrogens with zero attached hydrogens (tertiary/aromatic N) is 5. The van der Waals surface area contributed by atoms with Crippen LogP contribution in [0.25, 0.3) is 16.8 Å². The Hall–Kier alpha value is -1.99. The predicted octanol–water partition coefficient (Wildman–Crippen LogP) is 3.38. The first-order valence-corrected chi connectivity index (χ1v) is 11.2. The van der Waals surface area contributed by atoms with Gasteiger partial charge in [-0.25, -0.2) is 4.98 Å². The lowest BCUT2D eigenvalue weighted by Crippen LogP contribution is -2.63. The maximum atomic E-state index is 5.65. The van der Waals surface area contributed by atoms with Gasteiger partial charge in [-0.15, -0.1) is 10.2 Å². The lowest BCUT2D eigenvalue weighted by Gasteiger charge is -2.50. The molecule has 3 aliphatic rings. The van der Waals surface area contributed by atoms with Crippen LogP contribution in [-0.2, 0) is 4.74 Å². The molecule has 0 spiro atoms. The first-order valence-electron chi connectivity index (χ1n) is 11.2. The molecule has 0 bridgehead atoms. The third-order valence-corrected chi connectivity index (χ3v) is 7.60. The molecular formula is C22H30N6O. The van der Waals surface area contributed by atoms with Crippen LogP contribution in [0, 0.1) is 11.8 Å². The van der Waals surface area contributed by atoms with E-state index in [4.69, 9.17) is 4.74 Å². The van der Waals surface area contributed by atoms with Crippen molar-refractivity contribution in [2.75, 3.05) is 19.8 Å². The number of H-pyrrole nitrogens is 1. The van der Waals surface area contributed by atoms with Crippen molar-refractivity contribution in [3.8, 4) is 0 Å². The van der Waals surface area contributed by atoms with Gasteiger partial charge in [0.2, 0.25) is 0 Å². The molecule has 0 radical (unpaired) electrons. The number of nitrogens with one attached hydrogen (secondary N) is 1. The average Bonchev–Trinajstić information content (AvgIpc) is 3.10. The van der Waals surface area contributed by atoms with Gasteiger partial charge in [0.1, 0.15) is 5.82 Å². The van der Waals surface area contributed by atoms with Gasteiger partial charge in [0.05, 0.1) is 30.5 Å². The van der Waals surface area contributed by atoms with Crippen LogP contribution in [0.4, 0.5) is 0 Å². The fourth-order valence-corrected chi connectivity index (χ4v) is 5.71. The molecule has 3 aromatic rings. The molecular weight excluding hydrogens is 364 g/mol. The molecule has 1 saturated heterocycles. The first-order chi connectivity index (χ1) is 14.2. The summed E-state index contributed by atoms with van der Waals surface area (Å²) in [6.07, 6.45) is 10.2. The Morgan fingerprint density at radius 3 is 2.86 bits per heavy atom. The second kappa shape index (κ2) is 6.51. The highest BCUT2D eigenvalue weighted by atomic mass is 16.5. The summed E-state index contributed by atoms with van der Waals surface area (Å²) in [4.78, 5) is 10.5. The van der Waals surface area contributed by atoms with Crippen LogP contribution in [0.1, 0.15) is 57.7 Å². The SMILES string of the molecule is CC[C@@H]1C[C@H](N(CC2CC2)C2(C)COC2)C[C@@H]1c1nnc2cnc3[nH]ccc3n12. The van der Waals surface area contributed by atoms with E-state index in [9.17, 15) is 0 Å². The molecule has 3 atom stereocenters. The number of hydrogen-bond acceptors (Lipinski definition) is 5. The Morgan fingerprint density at radius 1 is 1.28 bits per heavy atom. The number of hydrogen-bond donors (Lipinski definition) is 1. The van der Waals surface area contributed by atoms with E-state index in [0.717, 1.165) is 48.2 Å². The van der Waals surface area contributed by atoms with Gasteiger partial charge in [0.25, 0.3) is 0 Å². The summed E-state index contributed by atoms with van der Waals surface area (Å²) in [5.41, 5.74) is 3.04. The van der Waals surface area contributed by atoms with Crippen molar-refractivity contribution in [1.82, 2.24) is 29.5 Å². The zero-order valence-corrected chi connectivity index (χ0v) is 17.3. The van der Waals surface area contributed by atoms with Gasteiger partial charge >= 0.3 is 0 Å². The van der Waals surface area contributed by atoms with E-state index in [1.807, 2.05) is 12.4 Å². The van der Waals surface area contributed by atoms with E-state index in [-0.39, 0.29) is 5.54 Å². The molecule has 4 heterocycles. The maximum absolute atomic E-state index is 5.65. The molecule has 6 rings (SSSR count). The van der Waals surface area contributed by atoms with Gasteiger partial charge in [0, 0.05) is 24.7 Å². The predicted molar refractivity (Wildman–Crippen MR) is 111 cm³/mol. The highest BCUT2D eigenvalue weighted by Crippen LogP contribution is 2.47. The standard InChI is InChI=1S/C22H30N6O/c1-3-15-8-16(27(11-14-4-5-14)22(2)12-29-13-22)9-17(15)21-26-25-19-10-24-20-18(28(19)21)6-7-23-20/h6-7,10,14-17,23H,3-5,8-9,11-13H2,1-2H3/t15-,16+,17+/m1/s1. The molecule has 0 unspecified atom stereocenters. The fourth-order valence-electron chi connectivity index (χ4n) is 5.71. The minimum Gasteiger partial charge on any atom is -0.377 e. The molecule has 154 valence electrons. The van der Waals surface area contributed by atoms with Gasteiger partial charge in [-0.2, -0.15) is 0 Å². The number of ether oxygens (including phenoxy) is 1. The summed E-state index contributed by atoms with van der Waals surface area (Å²) in [6.45, 7) is 7.72. The van der Waals surface area contributed by atoms with E-state index in [1.165, 1.54) is 32.2 Å². The van der Waals surface area contributed by atoms with Gasteiger partial charge in [-0.3, -0.25) is 9.30 Å². The summed E-state index contributed by atoms with van der Waals surface area (Å²) in [7, 11) is 0. The molecule has 0 aromatic carbocycles. The molecule has 0 amide bonds. The van der Waals surface area contributed by atoms with Gasteiger partial charge in [0.15, 0.2) is 11.3 Å². The summed E-state index contributed by atoms with van der Waals surface area (Å²) in [5, 5.41) is 9.15. The van der Waals surface area contributed by atoms with Crippen LogP contribution in [0.5, 0.6) is 0 Å². The molecule has 7 heteroatoms. The van der Waals surface area contributed by atoms with Crippen molar-refractivity contribution in [3.63, 3.8) is 0 Å². The van der Waals surface area contributed by atoms with E-state index in [0.29, 0.717) is 17.9 Å². The van der Waals surface area contributed by atoms with Gasteiger partial charge in [-0.1, -0.05) is 13.3 Å². The molecule has 2 aliphatic carbocycles. The second-order valence-corrected chi connectivity index (χ2v) is 9.71. The Bertz CT molecular complexity index is 1030. The van der Waals surface area contributed by atoms with Gasteiger partial charge < -0.3 is 9.72 Å². The van der Waals surface area contributed by atoms with Crippen LogP contribution in [0.15, 0.2) is 18.5 Å². The van der Waals surface area contributed by atoms with Crippen molar-refractivity contribution in [2.24, 2.45) is 11.8 Å². The third-order valence-electron chi connectivity index (χ3n) is 7.60. The number of aromatic nitrogens is 5. The van der Waals surface area contributed by atoms with Crippen LogP contribution in [0.3, 0.4) is 0 Å². The topological polar surface area (TPSA) is 71.3 Å². The van der Waals surface area contributed by atoms with E-state index in [2.05, 4.69) is 49.4 Å². The number of rotatable bonds is 6. The normalized spacial score (nSPS) is 29.1. The average molecular weight is 395 g/mol. The Balaban J connectivity index is 1.36. The lowest BCUT2D eigenvalue weighted by atomic mass is 9.93. The zero-order valence-electron chi connectivity index (χ0n) is 17.3. The molecule has 1 N–H and O–H groups in total. The quantitative estimate of drug-likeness (QED) is 0.694. The minimum atomic E-state index is 0.213. The largest absolute Gasteiger partial charge is 0.377 e. The Kier molecular flexibility index (Phi) is 4.00. The van der Waals surface area contributed by atoms with Crippen molar-refractivity contribution in [3.05, 3.63) is 24.3 Å². The minimum absolute atomic E-state index is 0.213. The summed E-state index contributed by atoms with van der Waals surface area (Å²) < 4.78 is 7.88. The Morgan fingerprint density at radius 2 is 2.14 bits per heavy atom. The highest BCUT2D eigenvalue weighted by molar-refractivity contribution is 5.74. The van der Waals surface area contributed by atoms with Crippen LogP contribution in [-0.4, -0.2) is 60.8 Å². The fraction of sp³-hybridized carbons (Fsp3) is 0.682. The monoisotopic (exact) mass is 394 g/mol. The number of aromatic amines is 1. The lowest BCUT2D eigenvalue weighted by molar-refractivity contribution is -0.145. The van der Waals surface area contributed by atoms with E-state index >= 15 is 0 Å². The molecule has 29 heavy (non-hydrogen) atoms. The van der Waals surface area contributed by atoms with E-state index < -0.39 is 0 Å². The zero-order chi connectivity index (χ0) is 19.6. The van der Waals surface area contributed by atoms with Gasteiger partial charge in [-0.05, 0) is 50.5 Å². The maximum Gasteiger partial charge on any atom is 0.179 e. The summed E-state index contributed by atoms with van der Waals surface area (Å²) >= 11 is 0. The van der Waals surface area contributed by atoms with Crippen LogP contribution >= 0.6 is 0 Å².